The van der Waals surface area contributed by atoms with Crippen LogP contribution in [0.3, 0.4) is 0 Å². The first-order chi connectivity index (χ1) is 23.1. The first kappa shape index (κ1) is 41.7. The van der Waals surface area contributed by atoms with E-state index in [1.165, 1.54) is 0 Å². The van der Waals surface area contributed by atoms with Gasteiger partial charge in [0.1, 0.15) is 73.2 Å². The summed E-state index contributed by atoms with van der Waals surface area (Å²) in [5.41, 5.74) is 5.51. The van der Waals surface area contributed by atoms with Crippen molar-refractivity contribution in [3.05, 3.63) is 0 Å². The molecule has 17 heteroatoms. The Balaban J connectivity index is 1.69. The number of rotatable bonds is 21. The van der Waals surface area contributed by atoms with E-state index in [9.17, 15) is 46.0 Å². The van der Waals surface area contributed by atoms with E-state index in [0.717, 1.165) is 44.9 Å². The van der Waals surface area contributed by atoms with E-state index in [1.807, 2.05) is 0 Å². The predicted octanol–water partition coefficient (Wildman–Crippen LogP) is -3.03. The van der Waals surface area contributed by atoms with Crippen LogP contribution in [0.25, 0.3) is 0 Å². The van der Waals surface area contributed by atoms with Crippen LogP contribution in [0, 0.1) is 0 Å². The molecule has 0 amide bonds. The molecule has 0 aromatic heterocycles. The van der Waals surface area contributed by atoms with Gasteiger partial charge in [0.2, 0.25) is 0 Å². The number of aliphatic hydroxyl groups excluding tert-OH is 9. The van der Waals surface area contributed by atoms with Crippen LogP contribution in [0.5, 0.6) is 0 Å². The number of hydrogen-bond donors (Lipinski definition) is 10. The molecule has 0 bridgehead atoms. The monoisotopic (exact) mass is 701 g/mol. The lowest BCUT2D eigenvalue weighted by molar-refractivity contribution is -0.367. The largest absolute Gasteiger partial charge is 0.394 e. The first-order valence-corrected chi connectivity index (χ1v) is 17.2. The highest BCUT2D eigenvalue weighted by atomic mass is 16.7. The van der Waals surface area contributed by atoms with Crippen LogP contribution in [0.4, 0.5) is 0 Å². The predicted molar refractivity (Wildman–Crippen MR) is 165 cm³/mol. The molecule has 3 fully saturated rings. The van der Waals surface area contributed by atoms with E-state index >= 15 is 0 Å². The smallest absolute Gasteiger partial charge is 0.187 e. The van der Waals surface area contributed by atoms with Gasteiger partial charge in [0.15, 0.2) is 18.9 Å². The van der Waals surface area contributed by atoms with Gasteiger partial charge in [-0.15, -0.1) is 0 Å². The molecule has 3 saturated heterocycles. The van der Waals surface area contributed by atoms with Crippen molar-refractivity contribution in [2.75, 3.05) is 39.6 Å². The Morgan fingerprint density at radius 2 is 1.06 bits per heavy atom. The molecule has 0 spiro atoms. The molecule has 17 nitrogen and oxygen atoms in total. The van der Waals surface area contributed by atoms with Crippen LogP contribution >= 0.6 is 0 Å². The summed E-state index contributed by atoms with van der Waals surface area (Å²) >= 11 is 0. The second-order valence-electron chi connectivity index (χ2n) is 12.7. The molecule has 284 valence electrons. The van der Waals surface area contributed by atoms with Gasteiger partial charge in [0.25, 0.3) is 0 Å². The van der Waals surface area contributed by atoms with Crippen molar-refractivity contribution in [2.24, 2.45) is 5.73 Å². The molecule has 0 aromatic carbocycles. The summed E-state index contributed by atoms with van der Waals surface area (Å²) in [7, 11) is 0. The second kappa shape index (κ2) is 21.6. The second-order valence-corrected chi connectivity index (χ2v) is 12.7. The molecule has 0 unspecified atom stereocenters. The summed E-state index contributed by atoms with van der Waals surface area (Å²) in [5.74, 6) is 0. The van der Waals surface area contributed by atoms with E-state index in [2.05, 4.69) is 6.92 Å². The Morgan fingerprint density at radius 1 is 0.500 bits per heavy atom. The summed E-state index contributed by atoms with van der Waals surface area (Å²) < 4.78 is 40.0. The SMILES string of the molecule is CCCCCCCCO[C@@H]1O[C@H](CO[C@H]2O[C@H](CO)[C@@H](O)[C@H](O)[C@@H]2O)[C@@H](O)[C@H](O[C@H]2O[C@H](CO)[C@@H](OCCCCCN)[C@H](O)[C@@H]2O)[C@@H]1O. The highest BCUT2D eigenvalue weighted by Crippen LogP contribution is 2.32. The summed E-state index contributed by atoms with van der Waals surface area (Å²) in [6, 6.07) is 0. The van der Waals surface area contributed by atoms with Crippen molar-refractivity contribution in [2.45, 2.75) is 157 Å². The molecule has 3 aliphatic rings. The van der Waals surface area contributed by atoms with Crippen LogP contribution in [-0.4, -0.2) is 178 Å². The Bertz CT molecular complexity index is 859. The lowest BCUT2D eigenvalue weighted by atomic mass is 9.96. The van der Waals surface area contributed by atoms with Crippen molar-refractivity contribution in [1.82, 2.24) is 0 Å². The molecule has 3 heterocycles. The molecule has 0 radical (unpaired) electrons. The van der Waals surface area contributed by atoms with Gasteiger partial charge < -0.3 is 84.9 Å². The quantitative estimate of drug-likeness (QED) is 0.0533. The molecule has 0 aliphatic carbocycles. The molecule has 11 N–H and O–H groups in total. The van der Waals surface area contributed by atoms with Crippen molar-refractivity contribution in [3.8, 4) is 0 Å². The van der Waals surface area contributed by atoms with Gasteiger partial charge in [-0.25, -0.2) is 0 Å². The van der Waals surface area contributed by atoms with Gasteiger partial charge in [-0.2, -0.15) is 0 Å². The topological polar surface area (TPSA) is 273 Å². The Morgan fingerprint density at radius 3 is 1.73 bits per heavy atom. The molecule has 0 aromatic rings. The summed E-state index contributed by atoms with van der Waals surface area (Å²) in [6.07, 6.45) is -14.1. The van der Waals surface area contributed by atoms with E-state index < -0.39 is 112 Å². The maximum absolute atomic E-state index is 11.3. The minimum absolute atomic E-state index is 0.203. The highest BCUT2D eigenvalue weighted by Gasteiger charge is 2.52. The molecular weight excluding hydrogens is 642 g/mol. The third-order valence-electron chi connectivity index (χ3n) is 8.97. The number of unbranched alkanes of at least 4 members (excludes halogenated alkanes) is 7. The molecule has 3 rings (SSSR count). The van der Waals surface area contributed by atoms with Crippen LogP contribution in [-0.2, 0) is 33.2 Å². The van der Waals surface area contributed by atoms with Gasteiger partial charge in [-0.1, -0.05) is 39.0 Å². The standard InChI is InChI=1S/C31H59NO16/c1-2-3-4-5-6-9-13-43-30-26(41)28(21(36)19(47-30)16-44-29-24(39)22(37)20(35)17(14-33)45-29)48-31-25(40)23(38)27(18(15-34)46-31)42-12-10-7-8-11-32/h17-31,33-41H,2-16,32H2,1H3/t17-,18-,19-,20-,21-,22+,23-,24+,25+,26+,27-,28+,29+,30-,31-/m1/s1. The highest BCUT2D eigenvalue weighted by molar-refractivity contribution is 4.95. The fraction of sp³-hybridized carbons (Fsp3) is 1.00. The van der Waals surface area contributed by atoms with Crippen molar-refractivity contribution in [1.29, 1.82) is 0 Å². The van der Waals surface area contributed by atoms with Gasteiger partial charge in [0.05, 0.1) is 19.8 Å². The van der Waals surface area contributed by atoms with Gasteiger partial charge in [0, 0.05) is 13.2 Å². The number of ether oxygens (including phenoxy) is 7. The minimum atomic E-state index is -1.71. The van der Waals surface area contributed by atoms with Crippen LogP contribution < -0.4 is 5.73 Å². The Labute approximate surface area is 281 Å². The zero-order valence-corrected chi connectivity index (χ0v) is 27.7. The Hall–Kier alpha value is -0.680. The zero-order valence-electron chi connectivity index (χ0n) is 27.7. The minimum Gasteiger partial charge on any atom is -0.394 e. The molecule has 15 atom stereocenters. The van der Waals surface area contributed by atoms with Crippen LogP contribution in [0.2, 0.25) is 0 Å². The summed E-state index contributed by atoms with van der Waals surface area (Å²) in [4.78, 5) is 0. The normalized spacial score (nSPS) is 40.7. The van der Waals surface area contributed by atoms with Gasteiger partial charge in [-0.3, -0.25) is 0 Å². The number of hydrogen-bond acceptors (Lipinski definition) is 17. The third-order valence-corrected chi connectivity index (χ3v) is 8.97. The van der Waals surface area contributed by atoms with E-state index in [0.29, 0.717) is 19.4 Å². The number of nitrogens with two attached hydrogens (primary N) is 1. The maximum Gasteiger partial charge on any atom is 0.187 e. The van der Waals surface area contributed by atoms with Crippen LogP contribution in [0.1, 0.15) is 64.7 Å². The molecular formula is C31H59NO16. The average Bonchev–Trinajstić information content (AvgIpc) is 3.08. The first-order valence-electron chi connectivity index (χ1n) is 17.2. The lowest BCUT2D eigenvalue weighted by Crippen LogP contribution is -2.65. The third kappa shape index (κ3) is 11.4. The van der Waals surface area contributed by atoms with Crippen molar-refractivity contribution < 1.29 is 79.1 Å². The molecule has 3 aliphatic heterocycles. The summed E-state index contributed by atoms with van der Waals surface area (Å²) in [6.45, 7) is 1.32. The number of aliphatic hydroxyl groups is 9. The van der Waals surface area contributed by atoms with E-state index in [4.69, 9.17) is 38.9 Å². The van der Waals surface area contributed by atoms with E-state index in [1.54, 1.807) is 0 Å². The fourth-order valence-electron chi connectivity index (χ4n) is 5.98. The molecule has 48 heavy (non-hydrogen) atoms. The summed E-state index contributed by atoms with van der Waals surface area (Å²) in [5, 5.41) is 94.3. The van der Waals surface area contributed by atoms with Crippen molar-refractivity contribution >= 4 is 0 Å². The Kier molecular flexibility index (Phi) is 18.8. The zero-order chi connectivity index (χ0) is 35.2. The lowest BCUT2D eigenvalue weighted by Gasteiger charge is -2.47. The van der Waals surface area contributed by atoms with Crippen LogP contribution in [0.15, 0.2) is 0 Å². The average molecular weight is 702 g/mol. The van der Waals surface area contributed by atoms with Gasteiger partial charge >= 0.3 is 0 Å². The van der Waals surface area contributed by atoms with Crippen molar-refractivity contribution in [3.63, 3.8) is 0 Å². The van der Waals surface area contributed by atoms with Gasteiger partial charge in [-0.05, 0) is 32.2 Å². The molecule has 0 saturated carbocycles. The van der Waals surface area contributed by atoms with E-state index in [-0.39, 0.29) is 13.2 Å². The fourth-order valence-corrected chi connectivity index (χ4v) is 5.98. The maximum atomic E-state index is 11.3.